The summed E-state index contributed by atoms with van der Waals surface area (Å²) in [5.41, 5.74) is 0.568. The number of carbonyl (C=O) groups excluding carboxylic acids is 1. The van der Waals surface area contributed by atoms with Gasteiger partial charge < -0.3 is 15.7 Å². The molecule has 0 fully saturated rings. The van der Waals surface area contributed by atoms with Gasteiger partial charge in [0.2, 0.25) is 5.91 Å². The van der Waals surface area contributed by atoms with E-state index in [0.29, 0.717) is 6.54 Å². The zero-order valence-corrected chi connectivity index (χ0v) is 11.2. The second-order valence-corrected chi connectivity index (χ2v) is 5.28. The number of rotatable bonds is 6. The van der Waals surface area contributed by atoms with Gasteiger partial charge in [-0.1, -0.05) is 32.0 Å². The van der Waals surface area contributed by atoms with Crippen LogP contribution in [0.2, 0.25) is 0 Å². The van der Waals surface area contributed by atoms with E-state index in [1.54, 1.807) is 0 Å². The van der Waals surface area contributed by atoms with Crippen LogP contribution in [-0.2, 0) is 4.79 Å². The molecule has 0 saturated heterocycles. The summed E-state index contributed by atoms with van der Waals surface area (Å²) in [7, 11) is 0. The lowest BCUT2D eigenvalue weighted by atomic mass is 9.94. The third-order valence-corrected chi connectivity index (χ3v) is 2.75. The number of benzene rings is 1. The molecule has 4 nitrogen and oxygen atoms in total. The number of hydrogen-bond acceptors (Lipinski definition) is 3. The summed E-state index contributed by atoms with van der Waals surface area (Å²) in [5, 5.41) is 15.1. The minimum atomic E-state index is -0.295. The highest BCUT2D eigenvalue weighted by atomic mass is 16.3. The maximum Gasteiger partial charge on any atom is 0.241 e. The van der Waals surface area contributed by atoms with E-state index in [2.05, 4.69) is 10.6 Å². The zero-order valence-electron chi connectivity index (χ0n) is 11.2. The molecule has 0 bridgehead atoms. The van der Waals surface area contributed by atoms with Gasteiger partial charge in [0.15, 0.2) is 0 Å². The Labute approximate surface area is 108 Å². The molecule has 3 N–H and O–H groups in total. The molecule has 0 heterocycles. The zero-order chi connectivity index (χ0) is 13.6. The molecule has 0 aliphatic carbocycles. The van der Waals surface area contributed by atoms with Gasteiger partial charge in [0.25, 0.3) is 0 Å². The lowest BCUT2D eigenvalue weighted by Crippen LogP contribution is -2.43. The van der Waals surface area contributed by atoms with Gasteiger partial charge in [-0.05, 0) is 19.1 Å². The maximum absolute atomic E-state index is 11.9. The van der Waals surface area contributed by atoms with Gasteiger partial charge in [0.1, 0.15) is 0 Å². The van der Waals surface area contributed by atoms with Gasteiger partial charge in [0.05, 0.1) is 6.04 Å². The Kier molecular flexibility index (Phi) is 5.31. The van der Waals surface area contributed by atoms with Crippen LogP contribution in [0, 0.1) is 5.41 Å². The van der Waals surface area contributed by atoms with Gasteiger partial charge >= 0.3 is 0 Å². The van der Waals surface area contributed by atoms with Crippen LogP contribution in [0.4, 0.5) is 5.69 Å². The number of aliphatic hydroxyl groups is 1. The fraction of sp³-hybridized carbons (Fsp3) is 0.500. The molecule has 0 aliphatic rings. The van der Waals surface area contributed by atoms with E-state index in [1.165, 1.54) is 0 Å². The Morgan fingerprint density at radius 2 is 1.94 bits per heavy atom. The summed E-state index contributed by atoms with van der Waals surface area (Å²) in [6.07, 6.45) is 0. The van der Waals surface area contributed by atoms with Crippen LogP contribution in [0.1, 0.15) is 20.8 Å². The van der Waals surface area contributed by atoms with Crippen LogP contribution in [0.25, 0.3) is 0 Å². The molecule has 1 rings (SSSR count). The Hall–Kier alpha value is -1.39. The quantitative estimate of drug-likeness (QED) is 0.719. The molecular weight excluding hydrogens is 228 g/mol. The molecule has 0 spiro atoms. The Balaban J connectivity index is 2.43. The van der Waals surface area contributed by atoms with E-state index < -0.39 is 0 Å². The molecule has 1 aromatic carbocycles. The van der Waals surface area contributed by atoms with Gasteiger partial charge in [-0.2, -0.15) is 0 Å². The van der Waals surface area contributed by atoms with Gasteiger partial charge in [0, 0.05) is 24.3 Å². The smallest absolute Gasteiger partial charge is 0.241 e. The van der Waals surface area contributed by atoms with Crippen molar-refractivity contribution in [2.24, 2.45) is 5.41 Å². The Morgan fingerprint density at radius 3 is 2.50 bits per heavy atom. The summed E-state index contributed by atoms with van der Waals surface area (Å²) in [6, 6.07) is 9.06. The first-order chi connectivity index (χ1) is 8.44. The molecule has 1 amide bonds. The van der Waals surface area contributed by atoms with Crippen molar-refractivity contribution in [3.8, 4) is 0 Å². The van der Waals surface area contributed by atoms with Gasteiger partial charge in [-0.15, -0.1) is 0 Å². The van der Waals surface area contributed by atoms with Crippen molar-refractivity contribution in [1.82, 2.24) is 5.32 Å². The molecule has 1 aromatic rings. The average Bonchev–Trinajstić information content (AvgIpc) is 2.37. The molecule has 1 unspecified atom stereocenters. The van der Waals surface area contributed by atoms with E-state index >= 15 is 0 Å². The monoisotopic (exact) mass is 250 g/mol. The summed E-state index contributed by atoms with van der Waals surface area (Å²) in [5.74, 6) is -0.0741. The van der Waals surface area contributed by atoms with Crippen molar-refractivity contribution >= 4 is 11.6 Å². The van der Waals surface area contributed by atoms with E-state index in [-0.39, 0.29) is 24.0 Å². The summed E-state index contributed by atoms with van der Waals surface area (Å²) < 4.78 is 0. The lowest BCUT2D eigenvalue weighted by molar-refractivity contribution is -0.117. The van der Waals surface area contributed by atoms with Crippen LogP contribution in [-0.4, -0.2) is 30.2 Å². The summed E-state index contributed by atoms with van der Waals surface area (Å²) >= 11 is 0. The highest BCUT2D eigenvalue weighted by Crippen LogP contribution is 2.12. The first-order valence-corrected chi connectivity index (χ1v) is 6.15. The fourth-order valence-corrected chi connectivity index (χ4v) is 1.35. The number of nitrogens with one attached hydrogen (secondary N) is 2. The average molecular weight is 250 g/mol. The lowest BCUT2D eigenvalue weighted by Gasteiger charge is -2.24. The van der Waals surface area contributed by atoms with Crippen LogP contribution >= 0.6 is 0 Å². The predicted octanol–water partition coefficient (Wildman–Crippen LogP) is 1.62. The molecule has 0 radical (unpaired) electrons. The second-order valence-electron chi connectivity index (χ2n) is 5.28. The number of carbonyl (C=O) groups is 1. The van der Waals surface area contributed by atoms with Crippen molar-refractivity contribution in [2.75, 3.05) is 18.5 Å². The largest absolute Gasteiger partial charge is 0.396 e. The van der Waals surface area contributed by atoms with Crippen molar-refractivity contribution in [3.05, 3.63) is 30.3 Å². The third-order valence-electron chi connectivity index (χ3n) is 2.75. The van der Waals surface area contributed by atoms with Crippen molar-refractivity contribution in [1.29, 1.82) is 0 Å². The Morgan fingerprint density at radius 1 is 1.33 bits per heavy atom. The summed E-state index contributed by atoms with van der Waals surface area (Å²) in [4.78, 5) is 11.9. The first kappa shape index (κ1) is 14.7. The molecule has 4 heteroatoms. The minimum Gasteiger partial charge on any atom is -0.396 e. The van der Waals surface area contributed by atoms with Gasteiger partial charge in [-0.3, -0.25) is 4.79 Å². The van der Waals surface area contributed by atoms with Crippen LogP contribution in [0.5, 0.6) is 0 Å². The molecule has 18 heavy (non-hydrogen) atoms. The van der Waals surface area contributed by atoms with E-state index in [0.717, 1.165) is 5.69 Å². The fourth-order valence-electron chi connectivity index (χ4n) is 1.35. The van der Waals surface area contributed by atoms with Gasteiger partial charge in [-0.25, -0.2) is 0 Å². The van der Waals surface area contributed by atoms with Crippen LogP contribution < -0.4 is 10.6 Å². The van der Waals surface area contributed by atoms with E-state index in [1.807, 2.05) is 51.1 Å². The third kappa shape index (κ3) is 4.85. The van der Waals surface area contributed by atoms with E-state index in [4.69, 9.17) is 5.11 Å². The number of aliphatic hydroxyl groups excluding tert-OH is 1. The molecule has 100 valence electrons. The van der Waals surface area contributed by atoms with Crippen molar-refractivity contribution < 1.29 is 9.90 Å². The molecular formula is C14H22N2O2. The molecule has 0 aromatic heterocycles. The topological polar surface area (TPSA) is 61.4 Å². The van der Waals surface area contributed by atoms with Crippen molar-refractivity contribution in [3.63, 3.8) is 0 Å². The van der Waals surface area contributed by atoms with Crippen LogP contribution in [0.15, 0.2) is 30.3 Å². The molecule has 0 saturated carbocycles. The maximum atomic E-state index is 11.9. The van der Waals surface area contributed by atoms with E-state index in [9.17, 15) is 4.79 Å². The SMILES string of the molecule is CC(NCC(C)(C)CO)C(=O)Nc1ccccc1. The van der Waals surface area contributed by atoms with Crippen LogP contribution in [0.3, 0.4) is 0 Å². The highest BCUT2D eigenvalue weighted by molar-refractivity contribution is 5.94. The standard InChI is InChI=1S/C14H22N2O2/c1-11(15-9-14(2,3)10-17)13(18)16-12-7-5-4-6-8-12/h4-8,11,15,17H,9-10H2,1-3H3,(H,16,18). The first-order valence-electron chi connectivity index (χ1n) is 6.15. The Bertz CT molecular complexity index is 377. The number of para-hydroxylation sites is 1. The number of anilines is 1. The second kappa shape index (κ2) is 6.52. The normalized spacial score (nSPS) is 13.1. The van der Waals surface area contributed by atoms with Crippen molar-refractivity contribution in [2.45, 2.75) is 26.8 Å². The number of hydrogen-bond donors (Lipinski definition) is 3. The molecule has 1 atom stereocenters. The summed E-state index contributed by atoms with van der Waals surface area (Å²) in [6.45, 7) is 6.38. The molecule has 0 aliphatic heterocycles. The predicted molar refractivity (Wildman–Crippen MR) is 73.4 cm³/mol. The minimum absolute atomic E-state index is 0.0741. The number of amides is 1. The highest BCUT2D eigenvalue weighted by Gasteiger charge is 2.19.